The third-order valence-electron chi connectivity index (χ3n) is 3.67. The van der Waals surface area contributed by atoms with Gasteiger partial charge in [-0.05, 0) is 29.8 Å². The molecule has 0 spiro atoms. The molecule has 1 aromatic heterocycles. The summed E-state index contributed by atoms with van der Waals surface area (Å²) >= 11 is 0. The SMILES string of the molecule is NC(=O)c1cccc(-c2ccc(N3CCNCC3)nc2)c1. The van der Waals surface area contributed by atoms with Gasteiger partial charge in [-0.1, -0.05) is 12.1 Å². The number of hydrogen-bond donors (Lipinski definition) is 2. The normalized spacial score (nSPS) is 15.0. The lowest BCUT2D eigenvalue weighted by atomic mass is 10.0. The lowest BCUT2D eigenvalue weighted by Crippen LogP contribution is -2.43. The van der Waals surface area contributed by atoms with E-state index in [-0.39, 0.29) is 0 Å². The molecule has 1 aliphatic heterocycles. The molecule has 0 bridgehead atoms. The second-order valence-electron chi connectivity index (χ2n) is 5.09. The highest BCUT2D eigenvalue weighted by Gasteiger charge is 2.11. The smallest absolute Gasteiger partial charge is 0.248 e. The summed E-state index contributed by atoms with van der Waals surface area (Å²) in [6.45, 7) is 3.93. The van der Waals surface area contributed by atoms with E-state index in [1.807, 2.05) is 30.5 Å². The van der Waals surface area contributed by atoms with Crippen LogP contribution in [0.25, 0.3) is 11.1 Å². The highest BCUT2D eigenvalue weighted by Crippen LogP contribution is 2.22. The standard InChI is InChI=1S/C16H18N4O/c17-16(21)13-3-1-2-12(10-13)14-4-5-15(19-11-14)20-8-6-18-7-9-20/h1-5,10-11,18H,6-9H2,(H2,17,21). The van der Waals surface area contributed by atoms with Crippen LogP contribution in [0.4, 0.5) is 5.82 Å². The lowest BCUT2D eigenvalue weighted by molar-refractivity contribution is 0.100. The number of benzene rings is 1. The van der Waals surface area contributed by atoms with E-state index in [0.29, 0.717) is 5.56 Å². The van der Waals surface area contributed by atoms with Gasteiger partial charge in [0.15, 0.2) is 0 Å². The summed E-state index contributed by atoms with van der Waals surface area (Å²) in [5, 5.41) is 3.33. The Morgan fingerprint density at radius 2 is 1.95 bits per heavy atom. The van der Waals surface area contributed by atoms with E-state index in [2.05, 4.69) is 15.2 Å². The number of hydrogen-bond acceptors (Lipinski definition) is 4. The van der Waals surface area contributed by atoms with Gasteiger partial charge in [-0.3, -0.25) is 4.79 Å². The Morgan fingerprint density at radius 3 is 2.62 bits per heavy atom. The van der Waals surface area contributed by atoms with Crippen LogP contribution in [0.2, 0.25) is 0 Å². The lowest BCUT2D eigenvalue weighted by Gasteiger charge is -2.28. The van der Waals surface area contributed by atoms with Crippen molar-refractivity contribution in [2.45, 2.75) is 0 Å². The second-order valence-corrected chi connectivity index (χ2v) is 5.09. The van der Waals surface area contributed by atoms with Crippen LogP contribution in [-0.2, 0) is 0 Å². The number of nitrogens with one attached hydrogen (secondary N) is 1. The predicted molar refractivity (Wildman–Crippen MR) is 83.3 cm³/mol. The Kier molecular flexibility index (Phi) is 3.83. The van der Waals surface area contributed by atoms with Crippen molar-refractivity contribution < 1.29 is 4.79 Å². The summed E-state index contributed by atoms with van der Waals surface area (Å²) in [6.07, 6.45) is 1.84. The monoisotopic (exact) mass is 282 g/mol. The summed E-state index contributed by atoms with van der Waals surface area (Å²) in [4.78, 5) is 18.0. The number of nitrogens with two attached hydrogens (primary N) is 1. The van der Waals surface area contributed by atoms with Gasteiger partial charge < -0.3 is 16.0 Å². The molecule has 2 aromatic rings. The third-order valence-corrected chi connectivity index (χ3v) is 3.67. The molecule has 5 heteroatoms. The number of pyridine rings is 1. The minimum absolute atomic E-state index is 0.415. The molecule has 0 saturated carbocycles. The van der Waals surface area contributed by atoms with E-state index in [4.69, 9.17) is 5.73 Å². The molecule has 3 rings (SSSR count). The molecule has 1 aliphatic rings. The van der Waals surface area contributed by atoms with Gasteiger partial charge in [0.2, 0.25) is 5.91 Å². The number of aromatic nitrogens is 1. The fourth-order valence-corrected chi connectivity index (χ4v) is 2.49. The first-order chi connectivity index (χ1) is 10.2. The quantitative estimate of drug-likeness (QED) is 0.889. The number of rotatable bonds is 3. The molecule has 0 atom stereocenters. The topological polar surface area (TPSA) is 71.2 Å². The Labute approximate surface area is 123 Å². The van der Waals surface area contributed by atoms with E-state index in [9.17, 15) is 4.79 Å². The van der Waals surface area contributed by atoms with Gasteiger partial charge in [-0.15, -0.1) is 0 Å². The number of carbonyl (C=O) groups is 1. The van der Waals surface area contributed by atoms with Crippen LogP contribution < -0.4 is 16.0 Å². The zero-order valence-electron chi connectivity index (χ0n) is 11.7. The van der Waals surface area contributed by atoms with Gasteiger partial charge in [-0.25, -0.2) is 4.98 Å². The van der Waals surface area contributed by atoms with Gasteiger partial charge in [-0.2, -0.15) is 0 Å². The van der Waals surface area contributed by atoms with Gasteiger partial charge >= 0.3 is 0 Å². The molecule has 0 aliphatic carbocycles. The molecule has 1 aromatic carbocycles. The van der Waals surface area contributed by atoms with Crippen LogP contribution in [0.5, 0.6) is 0 Å². The highest BCUT2D eigenvalue weighted by molar-refractivity contribution is 5.94. The first-order valence-corrected chi connectivity index (χ1v) is 7.06. The van der Waals surface area contributed by atoms with Crippen LogP contribution in [0.1, 0.15) is 10.4 Å². The Balaban J connectivity index is 1.83. The van der Waals surface area contributed by atoms with Crippen molar-refractivity contribution >= 4 is 11.7 Å². The van der Waals surface area contributed by atoms with Gasteiger partial charge in [0.25, 0.3) is 0 Å². The van der Waals surface area contributed by atoms with Crippen LogP contribution in [-0.4, -0.2) is 37.1 Å². The third kappa shape index (κ3) is 3.03. The van der Waals surface area contributed by atoms with Crippen molar-refractivity contribution in [3.05, 3.63) is 48.2 Å². The van der Waals surface area contributed by atoms with Crippen LogP contribution >= 0.6 is 0 Å². The molecule has 21 heavy (non-hydrogen) atoms. The van der Waals surface area contributed by atoms with Crippen molar-refractivity contribution in [2.24, 2.45) is 5.73 Å². The molecule has 1 amide bonds. The van der Waals surface area contributed by atoms with Crippen molar-refractivity contribution in [1.82, 2.24) is 10.3 Å². The predicted octanol–water partition coefficient (Wildman–Crippen LogP) is 1.26. The first kappa shape index (κ1) is 13.6. The van der Waals surface area contributed by atoms with Gasteiger partial charge in [0.1, 0.15) is 5.82 Å². The Bertz CT molecular complexity index is 633. The fraction of sp³-hybridized carbons (Fsp3) is 0.250. The minimum Gasteiger partial charge on any atom is -0.366 e. The molecule has 0 radical (unpaired) electrons. The molecule has 1 saturated heterocycles. The van der Waals surface area contributed by atoms with E-state index in [1.54, 1.807) is 12.1 Å². The van der Waals surface area contributed by atoms with E-state index < -0.39 is 5.91 Å². The van der Waals surface area contributed by atoms with Gasteiger partial charge in [0.05, 0.1) is 0 Å². The zero-order chi connectivity index (χ0) is 14.7. The summed E-state index contributed by atoms with van der Waals surface area (Å²) in [5.74, 6) is 0.577. The summed E-state index contributed by atoms with van der Waals surface area (Å²) in [7, 11) is 0. The van der Waals surface area contributed by atoms with Crippen LogP contribution in [0.15, 0.2) is 42.6 Å². The number of nitrogens with zero attached hydrogens (tertiary/aromatic N) is 2. The molecular weight excluding hydrogens is 264 g/mol. The van der Waals surface area contributed by atoms with Crippen molar-refractivity contribution in [3.63, 3.8) is 0 Å². The van der Waals surface area contributed by atoms with E-state index >= 15 is 0 Å². The maximum absolute atomic E-state index is 11.2. The van der Waals surface area contributed by atoms with E-state index in [1.165, 1.54) is 0 Å². The number of carbonyl (C=O) groups excluding carboxylic acids is 1. The summed E-state index contributed by atoms with van der Waals surface area (Å²) in [6, 6.07) is 11.4. The minimum atomic E-state index is -0.415. The highest BCUT2D eigenvalue weighted by atomic mass is 16.1. The number of piperazine rings is 1. The number of anilines is 1. The molecule has 2 heterocycles. The number of primary amides is 1. The Hall–Kier alpha value is -2.40. The van der Waals surface area contributed by atoms with Crippen molar-refractivity contribution in [2.75, 3.05) is 31.1 Å². The van der Waals surface area contributed by atoms with Crippen molar-refractivity contribution in [1.29, 1.82) is 0 Å². The molecule has 1 fully saturated rings. The molecule has 3 N–H and O–H groups in total. The average Bonchev–Trinajstić information content (AvgIpc) is 2.56. The first-order valence-electron chi connectivity index (χ1n) is 7.06. The zero-order valence-corrected chi connectivity index (χ0v) is 11.7. The molecule has 108 valence electrons. The maximum atomic E-state index is 11.2. The number of amides is 1. The molecular formula is C16H18N4O. The van der Waals surface area contributed by atoms with Crippen molar-refractivity contribution in [3.8, 4) is 11.1 Å². The maximum Gasteiger partial charge on any atom is 0.248 e. The van der Waals surface area contributed by atoms with Crippen LogP contribution in [0.3, 0.4) is 0 Å². The van der Waals surface area contributed by atoms with Gasteiger partial charge in [0, 0.05) is 43.5 Å². The molecule has 0 unspecified atom stereocenters. The average molecular weight is 282 g/mol. The fourth-order valence-electron chi connectivity index (χ4n) is 2.49. The largest absolute Gasteiger partial charge is 0.366 e. The summed E-state index contributed by atoms with van der Waals surface area (Å²) < 4.78 is 0. The van der Waals surface area contributed by atoms with Crippen LogP contribution in [0, 0.1) is 0 Å². The summed E-state index contributed by atoms with van der Waals surface area (Å²) in [5.41, 5.74) is 7.76. The van der Waals surface area contributed by atoms with E-state index in [0.717, 1.165) is 43.1 Å². The Morgan fingerprint density at radius 1 is 1.14 bits per heavy atom. The second kappa shape index (κ2) is 5.93. The molecule has 5 nitrogen and oxygen atoms in total.